The van der Waals surface area contributed by atoms with E-state index in [2.05, 4.69) is 22.9 Å². The molecule has 5 heteroatoms. The molecule has 1 aromatic heterocycles. The van der Waals surface area contributed by atoms with Crippen LogP contribution in [0.4, 0.5) is 0 Å². The van der Waals surface area contributed by atoms with E-state index in [9.17, 15) is 8.42 Å². The molecule has 126 valence electrons. The van der Waals surface area contributed by atoms with Crippen molar-refractivity contribution < 1.29 is 12.6 Å². The van der Waals surface area contributed by atoms with Crippen molar-refractivity contribution in [3.63, 3.8) is 0 Å². The van der Waals surface area contributed by atoms with Gasteiger partial charge in [-0.2, -0.15) is 8.42 Å². The number of aromatic nitrogens is 1. The molecule has 0 aliphatic carbocycles. The van der Waals surface area contributed by atoms with Gasteiger partial charge in [-0.3, -0.25) is 4.18 Å². The van der Waals surface area contributed by atoms with Crippen LogP contribution in [-0.4, -0.2) is 19.6 Å². The summed E-state index contributed by atoms with van der Waals surface area (Å²) in [6.45, 7) is 2.04. The maximum atomic E-state index is 12.2. The summed E-state index contributed by atoms with van der Waals surface area (Å²) in [4.78, 5) is 0.215. The van der Waals surface area contributed by atoms with E-state index in [0.29, 0.717) is 6.42 Å². The number of nitrogens with zero attached hydrogens (tertiary/aromatic N) is 1. The summed E-state index contributed by atoms with van der Waals surface area (Å²) < 4.78 is 31.6. The molecule has 0 amide bonds. The number of para-hydroxylation sites is 1. The van der Waals surface area contributed by atoms with E-state index in [1.54, 1.807) is 18.2 Å². The van der Waals surface area contributed by atoms with Crippen molar-refractivity contribution in [3.05, 3.63) is 65.9 Å². The van der Waals surface area contributed by atoms with Crippen LogP contribution in [0.3, 0.4) is 0 Å². The molecule has 0 aliphatic heterocycles. The molecule has 0 fully saturated rings. The first-order valence-electron chi connectivity index (χ1n) is 7.96. The summed E-state index contributed by atoms with van der Waals surface area (Å²) in [6, 6.07) is 15.0. The Kier molecular flexibility index (Phi) is 4.73. The quantitative estimate of drug-likeness (QED) is 0.505. The monoisotopic (exact) mass is 343 g/mol. The first kappa shape index (κ1) is 16.7. The van der Waals surface area contributed by atoms with Gasteiger partial charge in [0.1, 0.15) is 0 Å². The lowest BCUT2D eigenvalue weighted by atomic mass is 10.1. The molecule has 0 saturated carbocycles. The number of aryl methyl sites for hydroxylation is 3. The predicted octanol–water partition coefficient (Wildman–Crippen LogP) is 3.82. The SMILES string of the molecule is Cc1cccc(S(=O)(=O)OCCCc2cn(C)c3ccccc23)c1. The minimum atomic E-state index is -3.68. The summed E-state index contributed by atoms with van der Waals surface area (Å²) >= 11 is 0. The number of benzene rings is 2. The molecule has 1 heterocycles. The normalized spacial score (nSPS) is 11.9. The zero-order chi connectivity index (χ0) is 17.2. The number of rotatable bonds is 6. The fourth-order valence-electron chi connectivity index (χ4n) is 2.89. The van der Waals surface area contributed by atoms with Crippen molar-refractivity contribution in [3.8, 4) is 0 Å². The molecule has 0 radical (unpaired) electrons. The maximum Gasteiger partial charge on any atom is 0.296 e. The molecule has 0 N–H and O–H groups in total. The standard InChI is InChI=1S/C19H21NO3S/c1-15-7-5-9-17(13-15)24(21,22)23-12-6-8-16-14-20(2)19-11-4-3-10-18(16)19/h3-5,7,9-11,13-14H,6,8,12H2,1-2H3. The second-order valence-corrected chi connectivity index (χ2v) is 7.59. The Morgan fingerprint density at radius 2 is 1.88 bits per heavy atom. The van der Waals surface area contributed by atoms with Crippen LogP contribution in [0.1, 0.15) is 17.5 Å². The number of hydrogen-bond acceptors (Lipinski definition) is 3. The zero-order valence-electron chi connectivity index (χ0n) is 13.9. The first-order chi connectivity index (χ1) is 11.5. The fraction of sp³-hybridized carbons (Fsp3) is 0.263. The van der Waals surface area contributed by atoms with Gasteiger partial charge in [-0.05, 0) is 49.1 Å². The summed E-state index contributed by atoms with van der Waals surface area (Å²) in [5.74, 6) is 0. The third-order valence-electron chi connectivity index (χ3n) is 4.09. The lowest BCUT2D eigenvalue weighted by Gasteiger charge is -2.06. The third-order valence-corrected chi connectivity index (χ3v) is 5.39. The summed E-state index contributed by atoms with van der Waals surface area (Å²) in [7, 11) is -1.66. The van der Waals surface area contributed by atoms with Crippen molar-refractivity contribution in [2.45, 2.75) is 24.7 Å². The highest BCUT2D eigenvalue weighted by Crippen LogP contribution is 2.22. The molecule has 4 nitrogen and oxygen atoms in total. The molecule has 0 spiro atoms. The van der Waals surface area contributed by atoms with Crippen LogP contribution in [0.2, 0.25) is 0 Å². The Bertz CT molecular complexity index is 958. The van der Waals surface area contributed by atoms with Crippen LogP contribution in [0.25, 0.3) is 10.9 Å². The van der Waals surface area contributed by atoms with Gasteiger partial charge in [-0.25, -0.2) is 0 Å². The third kappa shape index (κ3) is 3.52. The summed E-state index contributed by atoms with van der Waals surface area (Å²) in [5.41, 5.74) is 3.29. The van der Waals surface area contributed by atoms with Crippen LogP contribution in [-0.2, 0) is 27.8 Å². The Balaban J connectivity index is 1.62. The first-order valence-corrected chi connectivity index (χ1v) is 9.37. The molecule has 0 unspecified atom stereocenters. The van der Waals surface area contributed by atoms with Gasteiger partial charge in [0.25, 0.3) is 10.1 Å². The smallest absolute Gasteiger partial charge is 0.296 e. The molecular formula is C19H21NO3S. The average Bonchev–Trinajstić information content (AvgIpc) is 2.88. The van der Waals surface area contributed by atoms with Gasteiger partial charge >= 0.3 is 0 Å². The van der Waals surface area contributed by atoms with E-state index in [4.69, 9.17) is 4.18 Å². The highest BCUT2D eigenvalue weighted by Gasteiger charge is 2.15. The second-order valence-electron chi connectivity index (χ2n) is 5.98. The van der Waals surface area contributed by atoms with E-state index in [1.165, 1.54) is 16.5 Å². The van der Waals surface area contributed by atoms with E-state index >= 15 is 0 Å². The van der Waals surface area contributed by atoms with Gasteiger partial charge in [0, 0.05) is 24.1 Å². The van der Waals surface area contributed by atoms with Gasteiger partial charge in [-0.1, -0.05) is 30.3 Å². The van der Waals surface area contributed by atoms with Crippen molar-refractivity contribution in [1.82, 2.24) is 4.57 Å². The molecule has 2 aromatic carbocycles. The van der Waals surface area contributed by atoms with E-state index in [0.717, 1.165) is 12.0 Å². The Labute approximate surface area is 142 Å². The molecule has 3 aromatic rings. The second kappa shape index (κ2) is 6.79. The van der Waals surface area contributed by atoms with Crippen LogP contribution in [0.15, 0.2) is 59.6 Å². The maximum absolute atomic E-state index is 12.2. The van der Waals surface area contributed by atoms with Crippen LogP contribution in [0, 0.1) is 6.92 Å². The predicted molar refractivity (Wildman–Crippen MR) is 95.6 cm³/mol. The minimum absolute atomic E-state index is 0.180. The lowest BCUT2D eigenvalue weighted by Crippen LogP contribution is -2.08. The Morgan fingerprint density at radius 1 is 1.08 bits per heavy atom. The van der Waals surface area contributed by atoms with Crippen LogP contribution in [0.5, 0.6) is 0 Å². The highest BCUT2D eigenvalue weighted by atomic mass is 32.2. The molecule has 0 bridgehead atoms. The van der Waals surface area contributed by atoms with Gasteiger partial charge in [0.15, 0.2) is 0 Å². The van der Waals surface area contributed by atoms with E-state index in [-0.39, 0.29) is 11.5 Å². The van der Waals surface area contributed by atoms with Gasteiger partial charge in [0.05, 0.1) is 11.5 Å². The van der Waals surface area contributed by atoms with Crippen LogP contribution < -0.4 is 0 Å². The Hall–Kier alpha value is -2.11. The topological polar surface area (TPSA) is 48.3 Å². The number of fused-ring (bicyclic) bond motifs is 1. The van der Waals surface area contributed by atoms with Gasteiger partial charge in [0.2, 0.25) is 0 Å². The lowest BCUT2D eigenvalue weighted by molar-refractivity contribution is 0.312. The highest BCUT2D eigenvalue weighted by molar-refractivity contribution is 7.86. The minimum Gasteiger partial charge on any atom is -0.350 e. The largest absolute Gasteiger partial charge is 0.350 e. The number of hydrogen-bond donors (Lipinski definition) is 0. The van der Waals surface area contributed by atoms with Crippen LogP contribution >= 0.6 is 0 Å². The molecule has 3 rings (SSSR count). The van der Waals surface area contributed by atoms with E-state index < -0.39 is 10.1 Å². The van der Waals surface area contributed by atoms with Crippen molar-refractivity contribution in [1.29, 1.82) is 0 Å². The Morgan fingerprint density at radius 3 is 2.67 bits per heavy atom. The average molecular weight is 343 g/mol. The molecule has 24 heavy (non-hydrogen) atoms. The van der Waals surface area contributed by atoms with Crippen molar-refractivity contribution in [2.75, 3.05) is 6.61 Å². The van der Waals surface area contributed by atoms with Gasteiger partial charge in [-0.15, -0.1) is 0 Å². The fourth-order valence-corrected chi connectivity index (χ4v) is 3.94. The van der Waals surface area contributed by atoms with Crippen molar-refractivity contribution in [2.24, 2.45) is 7.05 Å². The van der Waals surface area contributed by atoms with E-state index in [1.807, 2.05) is 32.2 Å². The molecule has 0 aliphatic rings. The molecule has 0 atom stereocenters. The summed E-state index contributed by atoms with van der Waals surface area (Å²) in [5, 5.41) is 1.21. The zero-order valence-corrected chi connectivity index (χ0v) is 14.7. The van der Waals surface area contributed by atoms with Crippen molar-refractivity contribution >= 4 is 21.0 Å². The molecular weight excluding hydrogens is 322 g/mol. The molecule has 0 saturated heterocycles. The van der Waals surface area contributed by atoms with Gasteiger partial charge < -0.3 is 4.57 Å². The summed E-state index contributed by atoms with van der Waals surface area (Å²) in [6.07, 6.45) is 3.53.